The molecular weight excluding hydrogens is 188 g/mol. The predicted octanol–water partition coefficient (Wildman–Crippen LogP) is 1.49. The van der Waals surface area contributed by atoms with E-state index in [1.54, 1.807) is 6.92 Å². The Hall–Kier alpha value is -0.570. The van der Waals surface area contributed by atoms with Crippen LogP contribution in [-0.2, 0) is 4.79 Å². The summed E-state index contributed by atoms with van der Waals surface area (Å²) in [4.78, 5) is 13.3. The third-order valence-corrected chi connectivity index (χ3v) is 2.92. The summed E-state index contributed by atoms with van der Waals surface area (Å²) in [6, 6.07) is 0.486. The number of hydrogen-bond acceptors (Lipinski definition) is 2. The molecule has 1 amide bonds. The molecule has 1 saturated heterocycles. The third kappa shape index (κ3) is 4.20. The van der Waals surface area contributed by atoms with Gasteiger partial charge < -0.3 is 10.2 Å². The van der Waals surface area contributed by atoms with E-state index in [1.165, 1.54) is 6.42 Å². The molecule has 0 spiro atoms. The molecule has 0 aromatic rings. The van der Waals surface area contributed by atoms with Crippen LogP contribution in [0, 0.1) is 11.8 Å². The van der Waals surface area contributed by atoms with Crippen molar-refractivity contribution in [2.45, 2.75) is 40.2 Å². The molecule has 0 aromatic carbocycles. The van der Waals surface area contributed by atoms with Crippen LogP contribution in [0.15, 0.2) is 0 Å². The Kier molecular flexibility index (Phi) is 4.58. The van der Waals surface area contributed by atoms with Crippen LogP contribution in [0.5, 0.6) is 0 Å². The molecule has 1 heterocycles. The van der Waals surface area contributed by atoms with Crippen LogP contribution in [0.2, 0.25) is 0 Å². The maximum Gasteiger partial charge on any atom is 0.219 e. The Morgan fingerprint density at radius 2 is 2.13 bits per heavy atom. The highest BCUT2D eigenvalue weighted by atomic mass is 16.2. The quantitative estimate of drug-likeness (QED) is 0.768. The first-order chi connectivity index (χ1) is 6.99. The fourth-order valence-corrected chi connectivity index (χ4v) is 2.16. The molecule has 2 unspecified atom stereocenters. The van der Waals surface area contributed by atoms with Crippen molar-refractivity contribution >= 4 is 5.91 Å². The molecule has 0 aromatic heterocycles. The monoisotopic (exact) mass is 212 g/mol. The highest BCUT2D eigenvalue weighted by Crippen LogP contribution is 2.16. The molecule has 1 aliphatic heterocycles. The highest BCUT2D eigenvalue weighted by Gasteiger charge is 2.25. The zero-order valence-corrected chi connectivity index (χ0v) is 10.4. The summed E-state index contributed by atoms with van der Waals surface area (Å²) in [5.74, 6) is 1.50. The van der Waals surface area contributed by atoms with E-state index in [0.717, 1.165) is 19.6 Å². The van der Waals surface area contributed by atoms with Gasteiger partial charge in [-0.3, -0.25) is 4.79 Å². The van der Waals surface area contributed by atoms with Crippen LogP contribution in [0.4, 0.5) is 0 Å². The van der Waals surface area contributed by atoms with Crippen molar-refractivity contribution in [2.75, 3.05) is 19.6 Å². The van der Waals surface area contributed by atoms with E-state index < -0.39 is 0 Å². The van der Waals surface area contributed by atoms with Crippen molar-refractivity contribution in [3.63, 3.8) is 0 Å². The Morgan fingerprint density at radius 1 is 1.47 bits per heavy atom. The van der Waals surface area contributed by atoms with Crippen LogP contribution in [0.1, 0.15) is 34.1 Å². The van der Waals surface area contributed by atoms with Gasteiger partial charge in [0.2, 0.25) is 5.91 Å². The minimum atomic E-state index is 0.206. The van der Waals surface area contributed by atoms with E-state index in [0.29, 0.717) is 17.9 Å². The molecule has 0 radical (unpaired) electrons. The molecule has 1 N–H and O–H groups in total. The Morgan fingerprint density at radius 3 is 2.67 bits per heavy atom. The fraction of sp³-hybridized carbons (Fsp3) is 0.917. The molecule has 3 heteroatoms. The van der Waals surface area contributed by atoms with Gasteiger partial charge >= 0.3 is 0 Å². The predicted molar refractivity (Wildman–Crippen MR) is 62.7 cm³/mol. The Balaban J connectivity index is 2.41. The lowest BCUT2D eigenvalue weighted by Crippen LogP contribution is -2.50. The van der Waals surface area contributed by atoms with Gasteiger partial charge in [-0.2, -0.15) is 0 Å². The van der Waals surface area contributed by atoms with E-state index in [-0.39, 0.29) is 5.91 Å². The smallest absolute Gasteiger partial charge is 0.219 e. The van der Waals surface area contributed by atoms with Crippen LogP contribution < -0.4 is 5.32 Å². The summed E-state index contributed by atoms with van der Waals surface area (Å²) >= 11 is 0. The van der Waals surface area contributed by atoms with Crippen molar-refractivity contribution in [1.29, 1.82) is 0 Å². The SMILES string of the molecule is CC(=O)N1CC(C)CC(NCC(C)C)C1. The number of hydrogen-bond donors (Lipinski definition) is 1. The van der Waals surface area contributed by atoms with Crippen LogP contribution in [0.3, 0.4) is 0 Å². The summed E-state index contributed by atoms with van der Waals surface area (Å²) in [6.45, 7) is 11.2. The summed E-state index contributed by atoms with van der Waals surface area (Å²) in [6.07, 6.45) is 1.19. The minimum absolute atomic E-state index is 0.206. The summed E-state index contributed by atoms with van der Waals surface area (Å²) < 4.78 is 0. The van der Waals surface area contributed by atoms with Crippen molar-refractivity contribution in [1.82, 2.24) is 10.2 Å². The number of amides is 1. The second kappa shape index (κ2) is 5.50. The second-order valence-corrected chi connectivity index (χ2v) is 5.26. The van der Waals surface area contributed by atoms with E-state index in [4.69, 9.17) is 0 Å². The van der Waals surface area contributed by atoms with Gasteiger partial charge in [-0.15, -0.1) is 0 Å². The number of piperidine rings is 1. The second-order valence-electron chi connectivity index (χ2n) is 5.26. The topological polar surface area (TPSA) is 32.3 Å². The fourth-order valence-electron chi connectivity index (χ4n) is 2.16. The van der Waals surface area contributed by atoms with E-state index in [1.807, 2.05) is 4.90 Å². The van der Waals surface area contributed by atoms with Crippen LogP contribution in [-0.4, -0.2) is 36.5 Å². The molecular formula is C12H24N2O. The Labute approximate surface area is 93.2 Å². The number of likely N-dealkylation sites (tertiary alicyclic amines) is 1. The molecule has 1 aliphatic rings. The molecule has 0 bridgehead atoms. The van der Waals surface area contributed by atoms with Crippen molar-refractivity contribution < 1.29 is 4.79 Å². The number of carbonyl (C=O) groups excluding carboxylic acids is 1. The highest BCUT2D eigenvalue weighted by molar-refractivity contribution is 5.73. The molecule has 2 atom stereocenters. The van der Waals surface area contributed by atoms with E-state index >= 15 is 0 Å². The average Bonchev–Trinajstić information content (AvgIpc) is 2.13. The van der Waals surface area contributed by atoms with Gasteiger partial charge in [-0.05, 0) is 24.8 Å². The number of rotatable bonds is 3. The maximum atomic E-state index is 11.3. The number of carbonyl (C=O) groups is 1. The van der Waals surface area contributed by atoms with Gasteiger partial charge in [-0.25, -0.2) is 0 Å². The standard InChI is InChI=1S/C12H24N2O/c1-9(2)6-13-12-5-10(3)7-14(8-12)11(4)15/h9-10,12-13H,5-8H2,1-4H3. The zero-order chi connectivity index (χ0) is 11.4. The summed E-state index contributed by atoms with van der Waals surface area (Å²) in [7, 11) is 0. The maximum absolute atomic E-state index is 11.3. The first-order valence-electron chi connectivity index (χ1n) is 5.98. The van der Waals surface area contributed by atoms with Crippen molar-refractivity contribution in [3.05, 3.63) is 0 Å². The molecule has 1 rings (SSSR count). The van der Waals surface area contributed by atoms with Crippen LogP contribution >= 0.6 is 0 Å². The van der Waals surface area contributed by atoms with Gasteiger partial charge in [0.15, 0.2) is 0 Å². The zero-order valence-electron chi connectivity index (χ0n) is 10.4. The molecule has 0 aliphatic carbocycles. The third-order valence-electron chi connectivity index (χ3n) is 2.92. The van der Waals surface area contributed by atoms with E-state index in [9.17, 15) is 4.79 Å². The first-order valence-corrected chi connectivity index (χ1v) is 5.98. The normalized spacial score (nSPS) is 27.1. The summed E-state index contributed by atoms with van der Waals surface area (Å²) in [5, 5.41) is 3.54. The minimum Gasteiger partial charge on any atom is -0.341 e. The first kappa shape index (κ1) is 12.5. The average molecular weight is 212 g/mol. The van der Waals surface area contributed by atoms with Gasteiger partial charge in [0.05, 0.1) is 0 Å². The molecule has 3 nitrogen and oxygen atoms in total. The van der Waals surface area contributed by atoms with E-state index in [2.05, 4.69) is 26.1 Å². The van der Waals surface area contributed by atoms with Gasteiger partial charge in [0.25, 0.3) is 0 Å². The van der Waals surface area contributed by atoms with Crippen molar-refractivity contribution in [2.24, 2.45) is 11.8 Å². The molecule has 0 saturated carbocycles. The van der Waals surface area contributed by atoms with Gasteiger partial charge in [-0.1, -0.05) is 20.8 Å². The molecule has 1 fully saturated rings. The largest absolute Gasteiger partial charge is 0.341 e. The van der Waals surface area contributed by atoms with Crippen LogP contribution in [0.25, 0.3) is 0 Å². The lowest BCUT2D eigenvalue weighted by atomic mass is 9.95. The lowest BCUT2D eigenvalue weighted by Gasteiger charge is -2.36. The molecule has 88 valence electrons. The van der Waals surface area contributed by atoms with Gasteiger partial charge in [0.1, 0.15) is 0 Å². The molecule has 15 heavy (non-hydrogen) atoms. The van der Waals surface area contributed by atoms with Crippen molar-refractivity contribution in [3.8, 4) is 0 Å². The Bertz CT molecular complexity index is 216. The number of nitrogens with zero attached hydrogens (tertiary/aromatic N) is 1. The number of nitrogens with one attached hydrogen (secondary N) is 1. The lowest BCUT2D eigenvalue weighted by molar-refractivity contribution is -0.131. The van der Waals surface area contributed by atoms with Gasteiger partial charge in [0, 0.05) is 26.1 Å². The summed E-state index contributed by atoms with van der Waals surface area (Å²) in [5.41, 5.74) is 0.